The van der Waals surface area contributed by atoms with E-state index in [1.54, 1.807) is 24.3 Å². The van der Waals surface area contributed by atoms with Crippen LogP contribution in [0, 0.1) is 6.92 Å². The number of hydrogen-bond donors (Lipinski definition) is 0. The molecule has 5 heteroatoms. The van der Waals surface area contributed by atoms with Crippen molar-refractivity contribution < 1.29 is 14.4 Å². The summed E-state index contributed by atoms with van der Waals surface area (Å²) < 4.78 is 0. The number of amides is 1. The molecule has 3 rings (SSSR count). The lowest BCUT2D eigenvalue weighted by atomic mass is 10.1. The molecule has 0 saturated heterocycles. The van der Waals surface area contributed by atoms with Crippen LogP contribution in [0.3, 0.4) is 0 Å². The predicted molar refractivity (Wildman–Crippen MR) is 76.5 cm³/mol. The first kappa shape index (κ1) is 12.7. The van der Waals surface area contributed by atoms with Gasteiger partial charge in [-0.05, 0) is 30.5 Å². The Balaban J connectivity index is 1.94. The van der Waals surface area contributed by atoms with E-state index in [9.17, 15) is 14.4 Å². The van der Waals surface area contributed by atoms with Crippen molar-refractivity contribution in [2.24, 2.45) is 0 Å². The van der Waals surface area contributed by atoms with E-state index < -0.39 is 11.7 Å². The molecule has 0 fully saturated rings. The SMILES string of the molecule is Cc1ccc2c(c1)C(=O)C(=O)N2CC(=O)c1cccs1. The third kappa shape index (κ3) is 1.96. The van der Waals surface area contributed by atoms with Crippen molar-refractivity contribution in [2.45, 2.75) is 6.92 Å². The number of Topliss-reactive ketones (excluding diaryl/α,β-unsaturated/α-hetero) is 2. The standard InChI is InChI=1S/C15H11NO3S/c1-9-4-5-11-10(7-9)14(18)15(19)16(11)8-12(17)13-3-2-6-20-13/h2-7H,8H2,1H3. The van der Waals surface area contributed by atoms with Crippen LogP contribution in [0.5, 0.6) is 0 Å². The topological polar surface area (TPSA) is 54.5 Å². The Labute approximate surface area is 119 Å². The molecule has 0 bridgehead atoms. The Morgan fingerprint density at radius 2 is 2.05 bits per heavy atom. The van der Waals surface area contributed by atoms with Crippen LogP contribution < -0.4 is 4.90 Å². The molecule has 0 atom stereocenters. The predicted octanol–water partition coefficient (Wildman–Crippen LogP) is 2.47. The average molecular weight is 285 g/mol. The molecule has 4 nitrogen and oxygen atoms in total. The van der Waals surface area contributed by atoms with Crippen LogP contribution in [-0.4, -0.2) is 24.0 Å². The third-order valence-electron chi connectivity index (χ3n) is 3.22. The van der Waals surface area contributed by atoms with Crippen LogP contribution in [0.4, 0.5) is 5.69 Å². The number of fused-ring (bicyclic) bond motifs is 1. The number of thiophene rings is 1. The summed E-state index contributed by atoms with van der Waals surface area (Å²) in [6.07, 6.45) is 0. The highest BCUT2D eigenvalue weighted by Gasteiger charge is 2.36. The number of benzene rings is 1. The molecule has 0 N–H and O–H groups in total. The van der Waals surface area contributed by atoms with Crippen molar-refractivity contribution in [3.8, 4) is 0 Å². The van der Waals surface area contributed by atoms with Gasteiger partial charge in [-0.2, -0.15) is 0 Å². The van der Waals surface area contributed by atoms with Gasteiger partial charge in [-0.15, -0.1) is 11.3 Å². The molecule has 0 radical (unpaired) electrons. The molecule has 2 heterocycles. The van der Waals surface area contributed by atoms with Crippen LogP contribution in [0.1, 0.15) is 25.6 Å². The zero-order valence-electron chi connectivity index (χ0n) is 10.8. The fraction of sp³-hybridized carbons (Fsp3) is 0.133. The van der Waals surface area contributed by atoms with Gasteiger partial charge in [0.05, 0.1) is 22.7 Å². The van der Waals surface area contributed by atoms with Crippen molar-refractivity contribution in [3.05, 3.63) is 51.7 Å². The number of carbonyl (C=O) groups is 3. The summed E-state index contributed by atoms with van der Waals surface area (Å²) in [7, 11) is 0. The highest BCUT2D eigenvalue weighted by molar-refractivity contribution is 7.12. The Morgan fingerprint density at radius 3 is 2.75 bits per heavy atom. The van der Waals surface area contributed by atoms with Crippen molar-refractivity contribution in [1.82, 2.24) is 0 Å². The lowest BCUT2D eigenvalue weighted by molar-refractivity contribution is -0.114. The van der Waals surface area contributed by atoms with Crippen LogP contribution in [-0.2, 0) is 4.79 Å². The summed E-state index contributed by atoms with van der Waals surface area (Å²) in [5, 5.41) is 1.81. The van der Waals surface area contributed by atoms with Gasteiger partial charge in [0.15, 0.2) is 5.78 Å². The van der Waals surface area contributed by atoms with E-state index in [4.69, 9.17) is 0 Å². The maximum Gasteiger partial charge on any atom is 0.299 e. The van der Waals surface area contributed by atoms with Gasteiger partial charge in [-0.25, -0.2) is 0 Å². The van der Waals surface area contributed by atoms with E-state index in [2.05, 4.69) is 0 Å². The first-order valence-electron chi connectivity index (χ1n) is 6.11. The molecule has 1 aliphatic rings. The van der Waals surface area contributed by atoms with Gasteiger partial charge < -0.3 is 0 Å². The quantitative estimate of drug-likeness (QED) is 0.643. The lowest BCUT2D eigenvalue weighted by Gasteiger charge is -2.15. The Morgan fingerprint density at radius 1 is 1.25 bits per heavy atom. The summed E-state index contributed by atoms with van der Waals surface area (Å²) in [5.41, 5.74) is 1.82. The molecular formula is C15H11NO3S. The highest BCUT2D eigenvalue weighted by atomic mass is 32.1. The molecule has 0 spiro atoms. The molecule has 0 aliphatic carbocycles. The van der Waals surface area contributed by atoms with Crippen LogP contribution in [0.25, 0.3) is 0 Å². The fourth-order valence-electron chi connectivity index (χ4n) is 2.23. The molecule has 1 aliphatic heterocycles. The first-order chi connectivity index (χ1) is 9.58. The lowest BCUT2D eigenvalue weighted by Crippen LogP contribution is -2.34. The van der Waals surface area contributed by atoms with Gasteiger partial charge >= 0.3 is 0 Å². The highest BCUT2D eigenvalue weighted by Crippen LogP contribution is 2.30. The summed E-state index contributed by atoms with van der Waals surface area (Å²) in [6.45, 7) is 1.76. The van der Waals surface area contributed by atoms with Crippen LogP contribution in [0.15, 0.2) is 35.7 Å². The second-order valence-corrected chi connectivity index (χ2v) is 5.59. The minimum atomic E-state index is -0.629. The normalized spacial score (nSPS) is 13.8. The van der Waals surface area contributed by atoms with Gasteiger partial charge in [-0.3, -0.25) is 19.3 Å². The maximum absolute atomic E-state index is 12.1. The summed E-state index contributed by atoms with van der Waals surface area (Å²) >= 11 is 1.33. The number of carbonyl (C=O) groups excluding carboxylic acids is 3. The van der Waals surface area contributed by atoms with Crippen LogP contribution in [0.2, 0.25) is 0 Å². The van der Waals surface area contributed by atoms with E-state index in [1.165, 1.54) is 16.2 Å². The molecule has 1 aromatic heterocycles. The molecular weight excluding hydrogens is 274 g/mol. The summed E-state index contributed by atoms with van der Waals surface area (Å²) in [6, 6.07) is 8.73. The summed E-state index contributed by atoms with van der Waals surface area (Å²) in [4.78, 5) is 37.9. The zero-order valence-corrected chi connectivity index (χ0v) is 11.6. The Kier molecular flexibility index (Phi) is 2.99. The molecule has 0 unspecified atom stereocenters. The van der Waals surface area contributed by atoms with Crippen molar-refractivity contribution in [3.63, 3.8) is 0 Å². The fourth-order valence-corrected chi connectivity index (χ4v) is 2.89. The van der Waals surface area contributed by atoms with Gasteiger partial charge in [-0.1, -0.05) is 17.7 Å². The summed E-state index contributed by atoms with van der Waals surface area (Å²) in [5.74, 6) is -1.33. The van der Waals surface area contributed by atoms with Crippen LogP contribution >= 0.6 is 11.3 Å². The van der Waals surface area contributed by atoms with Gasteiger partial charge in [0, 0.05) is 0 Å². The van der Waals surface area contributed by atoms with Crippen molar-refractivity contribution in [2.75, 3.05) is 11.4 Å². The van der Waals surface area contributed by atoms with Gasteiger partial charge in [0.1, 0.15) is 0 Å². The van der Waals surface area contributed by atoms with E-state index in [0.29, 0.717) is 16.1 Å². The first-order valence-corrected chi connectivity index (χ1v) is 6.99. The number of hydrogen-bond acceptors (Lipinski definition) is 4. The second kappa shape index (κ2) is 4.68. The largest absolute Gasteiger partial charge is 0.299 e. The molecule has 1 aromatic carbocycles. The minimum absolute atomic E-state index is 0.0961. The number of anilines is 1. The molecule has 1 amide bonds. The number of nitrogens with zero attached hydrogens (tertiary/aromatic N) is 1. The molecule has 0 saturated carbocycles. The maximum atomic E-state index is 12.1. The smallest absolute Gasteiger partial charge is 0.297 e. The zero-order chi connectivity index (χ0) is 14.3. The van der Waals surface area contributed by atoms with Crippen molar-refractivity contribution >= 4 is 34.5 Å². The van der Waals surface area contributed by atoms with E-state index >= 15 is 0 Å². The Bertz CT molecular complexity index is 719. The molecule has 100 valence electrons. The average Bonchev–Trinajstić information content (AvgIpc) is 3.03. The van der Waals surface area contributed by atoms with E-state index in [0.717, 1.165) is 5.56 Å². The van der Waals surface area contributed by atoms with Crippen molar-refractivity contribution in [1.29, 1.82) is 0 Å². The van der Waals surface area contributed by atoms with Gasteiger partial charge in [0.2, 0.25) is 0 Å². The monoisotopic (exact) mass is 285 g/mol. The number of rotatable bonds is 3. The number of aryl methyl sites for hydroxylation is 1. The van der Waals surface area contributed by atoms with Gasteiger partial charge in [0.25, 0.3) is 11.7 Å². The van der Waals surface area contributed by atoms with E-state index in [-0.39, 0.29) is 12.3 Å². The molecule has 20 heavy (non-hydrogen) atoms. The third-order valence-corrected chi connectivity index (χ3v) is 4.14. The van der Waals surface area contributed by atoms with E-state index in [1.807, 2.05) is 18.4 Å². The number of ketones is 2. The second-order valence-electron chi connectivity index (χ2n) is 4.64. The minimum Gasteiger partial charge on any atom is -0.297 e. The molecule has 2 aromatic rings. The Hall–Kier alpha value is -2.27.